The highest BCUT2D eigenvalue weighted by molar-refractivity contribution is 9.10. The Bertz CT molecular complexity index is 791. The molecule has 0 aromatic heterocycles. The summed E-state index contributed by atoms with van der Waals surface area (Å²) in [4.78, 5) is 22.4. The van der Waals surface area contributed by atoms with E-state index < -0.39 is 18.6 Å². The number of anilines is 1. The molecule has 0 aliphatic heterocycles. The van der Waals surface area contributed by atoms with Crippen molar-refractivity contribution in [2.24, 2.45) is 5.10 Å². The van der Waals surface area contributed by atoms with Crippen LogP contribution in [-0.4, -0.2) is 29.9 Å². The average molecular weight is 406 g/mol. The highest BCUT2D eigenvalue weighted by Gasteiger charge is 2.06. The minimum absolute atomic E-state index is 0.343. The Morgan fingerprint density at radius 2 is 1.96 bits per heavy atom. The average Bonchev–Trinajstić information content (AvgIpc) is 2.56. The van der Waals surface area contributed by atoms with E-state index in [1.54, 1.807) is 30.3 Å². The van der Waals surface area contributed by atoms with Crippen molar-refractivity contribution in [3.05, 3.63) is 58.1 Å². The molecule has 0 spiro atoms. The molecule has 0 unspecified atom stereocenters. The zero-order valence-electron chi connectivity index (χ0n) is 13.3. The van der Waals surface area contributed by atoms with E-state index in [0.717, 1.165) is 10.0 Å². The van der Waals surface area contributed by atoms with E-state index in [0.29, 0.717) is 17.0 Å². The molecule has 0 bridgehead atoms. The number of urea groups is 1. The van der Waals surface area contributed by atoms with Crippen LogP contribution in [0.2, 0.25) is 0 Å². The Hall–Kier alpha value is -2.87. The van der Waals surface area contributed by atoms with Crippen molar-refractivity contribution in [1.29, 1.82) is 0 Å². The Kier molecular flexibility index (Phi) is 6.53. The summed E-state index contributed by atoms with van der Waals surface area (Å²) in [6.45, 7) is 1.49. The standard InChI is InChI=1S/C17H16BrN3O4/c1-11-2-5-14(6-3-11)20-17(24)21-19-9-12-8-13(18)4-7-15(12)25-10-16(22)23/h2-9H,10H2,1H3,(H,22,23)(H2,20,21,24)/b19-9-. The summed E-state index contributed by atoms with van der Waals surface area (Å²) < 4.78 is 5.94. The van der Waals surface area contributed by atoms with Gasteiger partial charge in [0.1, 0.15) is 5.75 Å². The molecule has 0 atom stereocenters. The largest absolute Gasteiger partial charge is 0.481 e. The van der Waals surface area contributed by atoms with Gasteiger partial charge in [0, 0.05) is 15.7 Å². The molecule has 7 nitrogen and oxygen atoms in total. The van der Waals surface area contributed by atoms with Gasteiger partial charge in [-0.3, -0.25) is 0 Å². The molecule has 130 valence electrons. The van der Waals surface area contributed by atoms with Gasteiger partial charge in [-0.15, -0.1) is 0 Å². The van der Waals surface area contributed by atoms with Crippen LogP contribution in [0.3, 0.4) is 0 Å². The van der Waals surface area contributed by atoms with Crippen molar-refractivity contribution in [2.75, 3.05) is 11.9 Å². The quantitative estimate of drug-likeness (QED) is 0.506. The normalized spacial score (nSPS) is 10.5. The topological polar surface area (TPSA) is 100 Å². The van der Waals surface area contributed by atoms with Crippen LogP contribution in [0.5, 0.6) is 5.75 Å². The molecular formula is C17H16BrN3O4. The summed E-state index contributed by atoms with van der Waals surface area (Å²) in [6.07, 6.45) is 1.37. The molecule has 3 N–H and O–H groups in total. The molecule has 2 rings (SSSR count). The van der Waals surface area contributed by atoms with Gasteiger partial charge in [-0.25, -0.2) is 15.0 Å². The summed E-state index contributed by atoms with van der Waals surface area (Å²) in [5.74, 6) is -0.739. The highest BCUT2D eigenvalue weighted by Crippen LogP contribution is 2.21. The number of aliphatic carboxylic acids is 1. The summed E-state index contributed by atoms with van der Waals surface area (Å²) in [5.41, 5.74) is 4.59. The number of benzene rings is 2. The maximum atomic E-state index is 11.8. The van der Waals surface area contributed by atoms with Gasteiger partial charge in [0.15, 0.2) is 6.61 Å². The fraction of sp³-hybridized carbons (Fsp3) is 0.118. The van der Waals surface area contributed by atoms with Gasteiger partial charge in [0.05, 0.1) is 6.21 Å². The lowest BCUT2D eigenvalue weighted by atomic mass is 10.2. The van der Waals surface area contributed by atoms with Crippen molar-refractivity contribution in [3.8, 4) is 5.75 Å². The molecule has 2 amide bonds. The van der Waals surface area contributed by atoms with Crippen LogP contribution in [0.25, 0.3) is 0 Å². The number of carboxylic acids is 1. The van der Waals surface area contributed by atoms with Gasteiger partial charge in [0.2, 0.25) is 0 Å². The van der Waals surface area contributed by atoms with Crippen LogP contribution in [0.4, 0.5) is 10.5 Å². The summed E-state index contributed by atoms with van der Waals surface area (Å²) in [6, 6.07) is 11.9. The van der Waals surface area contributed by atoms with Crippen LogP contribution in [-0.2, 0) is 4.79 Å². The lowest BCUT2D eigenvalue weighted by Gasteiger charge is -2.07. The van der Waals surface area contributed by atoms with Crippen molar-refractivity contribution < 1.29 is 19.4 Å². The van der Waals surface area contributed by atoms with E-state index in [1.807, 2.05) is 19.1 Å². The summed E-state index contributed by atoms with van der Waals surface area (Å²) >= 11 is 3.31. The summed E-state index contributed by atoms with van der Waals surface area (Å²) in [7, 11) is 0. The lowest BCUT2D eigenvalue weighted by molar-refractivity contribution is -0.139. The molecule has 8 heteroatoms. The molecule has 0 saturated heterocycles. The number of carbonyl (C=O) groups excluding carboxylic acids is 1. The monoisotopic (exact) mass is 405 g/mol. The maximum absolute atomic E-state index is 11.8. The number of halogens is 1. The van der Waals surface area contributed by atoms with Crippen molar-refractivity contribution in [2.45, 2.75) is 6.92 Å². The second-order valence-corrected chi connectivity index (χ2v) is 5.97. The van der Waals surface area contributed by atoms with Crippen LogP contribution in [0, 0.1) is 6.92 Å². The number of amides is 2. The number of hydrogen-bond acceptors (Lipinski definition) is 4. The van der Waals surface area contributed by atoms with Crippen molar-refractivity contribution in [1.82, 2.24) is 5.43 Å². The number of hydrazone groups is 1. The van der Waals surface area contributed by atoms with Gasteiger partial charge >= 0.3 is 12.0 Å². The SMILES string of the molecule is Cc1ccc(NC(=O)N/N=C\c2cc(Br)ccc2OCC(=O)O)cc1. The Morgan fingerprint density at radius 3 is 2.64 bits per heavy atom. The Labute approximate surface area is 152 Å². The van der Waals surface area contributed by atoms with Crippen LogP contribution in [0.1, 0.15) is 11.1 Å². The molecule has 25 heavy (non-hydrogen) atoms. The summed E-state index contributed by atoms with van der Waals surface area (Å²) in [5, 5.41) is 15.2. The van der Waals surface area contributed by atoms with Crippen molar-refractivity contribution in [3.63, 3.8) is 0 Å². The smallest absolute Gasteiger partial charge is 0.341 e. The molecule has 0 saturated carbocycles. The predicted octanol–water partition coefficient (Wildman–Crippen LogP) is 3.38. The minimum atomic E-state index is -1.08. The molecule has 2 aromatic rings. The van der Waals surface area contributed by atoms with E-state index in [1.165, 1.54) is 6.21 Å². The minimum Gasteiger partial charge on any atom is -0.481 e. The zero-order valence-corrected chi connectivity index (χ0v) is 14.9. The number of nitrogens with one attached hydrogen (secondary N) is 2. The Balaban J connectivity index is 1.98. The molecule has 0 aliphatic carbocycles. The second kappa shape index (κ2) is 8.84. The fourth-order valence-electron chi connectivity index (χ4n) is 1.85. The first kappa shape index (κ1) is 18.5. The number of carboxylic acid groups (broad SMARTS) is 1. The number of ether oxygens (including phenoxy) is 1. The first-order valence-corrected chi connectivity index (χ1v) is 8.04. The molecule has 0 aliphatic rings. The van der Waals surface area contributed by atoms with Gasteiger partial charge < -0.3 is 15.2 Å². The number of nitrogens with zero attached hydrogens (tertiary/aromatic N) is 1. The fourth-order valence-corrected chi connectivity index (χ4v) is 2.23. The van der Waals surface area contributed by atoms with E-state index in [4.69, 9.17) is 9.84 Å². The van der Waals surface area contributed by atoms with Crippen LogP contribution < -0.4 is 15.5 Å². The van der Waals surface area contributed by atoms with Gasteiger partial charge in [0.25, 0.3) is 0 Å². The number of carbonyl (C=O) groups is 2. The first-order chi connectivity index (χ1) is 11.9. The number of aryl methyl sites for hydroxylation is 1. The Morgan fingerprint density at radius 1 is 1.24 bits per heavy atom. The second-order valence-electron chi connectivity index (χ2n) is 5.05. The molecule has 0 heterocycles. The van der Waals surface area contributed by atoms with E-state index in [9.17, 15) is 9.59 Å². The molecule has 0 radical (unpaired) electrons. The van der Waals surface area contributed by atoms with Gasteiger partial charge in [-0.05, 0) is 37.3 Å². The third-order valence-electron chi connectivity index (χ3n) is 3.00. The van der Waals surface area contributed by atoms with E-state index in [2.05, 4.69) is 31.8 Å². The van der Waals surface area contributed by atoms with Crippen LogP contribution >= 0.6 is 15.9 Å². The molecule has 0 fully saturated rings. The number of rotatable bonds is 6. The van der Waals surface area contributed by atoms with E-state index in [-0.39, 0.29) is 0 Å². The lowest BCUT2D eigenvalue weighted by Crippen LogP contribution is -2.24. The third-order valence-corrected chi connectivity index (χ3v) is 3.50. The van der Waals surface area contributed by atoms with Crippen molar-refractivity contribution >= 4 is 39.8 Å². The predicted molar refractivity (Wildman–Crippen MR) is 98.2 cm³/mol. The molecular weight excluding hydrogens is 390 g/mol. The molecule has 2 aromatic carbocycles. The number of hydrogen-bond donors (Lipinski definition) is 3. The highest BCUT2D eigenvalue weighted by atomic mass is 79.9. The third kappa shape index (κ3) is 6.27. The van der Waals surface area contributed by atoms with Gasteiger partial charge in [-0.2, -0.15) is 5.10 Å². The first-order valence-electron chi connectivity index (χ1n) is 7.25. The zero-order chi connectivity index (χ0) is 18.2. The van der Waals surface area contributed by atoms with E-state index >= 15 is 0 Å². The van der Waals surface area contributed by atoms with Crippen LogP contribution in [0.15, 0.2) is 52.0 Å². The maximum Gasteiger partial charge on any atom is 0.341 e. The van der Waals surface area contributed by atoms with Gasteiger partial charge in [-0.1, -0.05) is 33.6 Å².